The third-order valence-electron chi connectivity index (χ3n) is 5.36. The molecule has 0 saturated carbocycles. The molecule has 1 aromatic carbocycles. The lowest BCUT2D eigenvalue weighted by atomic mass is 9.96. The lowest BCUT2D eigenvalue weighted by Crippen LogP contribution is -2.34. The second-order valence-corrected chi connectivity index (χ2v) is 7.02. The van der Waals surface area contributed by atoms with Crippen molar-refractivity contribution in [3.63, 3.8) is 0 Å². The van der Waals surface area contributed by atoms with E-state index in [1.807, 2.05) is 6.07 Å². The van der Waals surface area contributed by atoms with Crippen molar-refractivity contribution in [2.75, 3.05) is 46.4 Å². The molecule has 0 aliphatic carbocycles. The zero-order chi connectivity index (χ0) is 21.1. The molecule has 1 aliphatic rings. The fourth-order valence-electron chi connectivity index (χ4n) is 3.89. The summed E-state index contributed by atoms with van der Waals surface area (Å²) in [5, 5.41) is 14.5. The van der Waals surface area contributed by atoms with Crippen molar-refractivity contribution >= 4 is 16.6 Å². The molecule has 1 saturated heterocycles. The van der Waals surface area contributed by atoms with Crippen molar-refractivity contribution < 1.29 is 23.5 Å². The normalized spacial score (nSPS) is 14.9. The molecule has 0 amide bonds. The van der Waals surface area contributed by atoms with Crippen LogP contribution in [0.4, 0.5) is 5.82 Å². The highest BCUT2D eigenvalue weighted by atomic mass is 16.5. The number of benzene rings is 1. The second kappa shape index (κ2) is 8.70. The molecule has 160 valence electrons. The number of methoxy groups -OCH3 is 4. The topological polar surface area (TPSA) is 105 Å². The quantitative estimate of drug-likeness (QED) is 0.572. The average molecular weight is 415 g/mol. The Morgan fingerprint density at radius 1 is 1.03 bits per heavy atom. The largest absolute Gasteiger partial charge is 0.493 e. The number of nitrogens with zero attached hydrogens (tertiary/aromatic N) is 5. The van der Waals surface area contributed by atoms with Crippen molar-refractivity contribution in [2.24, 2.45) is 0 Å². The van der Waals surface area contributed by atoms with Crippen LogP contribution in [0.3, 0.4) is 0 Å². The van der Waals surface area contributed by atoms with Crippen molar-refractivity contribution in [1.29, 1.82) is 0 Å². The van der Waals surface area contributed by atoms with Gasteiger partial charge in [0.15, 0.2) is 23.1 Å². The monoisotopic (exact) mass is 415 g/mol. The first kappa shape index (κ1) is 20.1. The van der Waals surface area contributed by atoms with Crippen LogP contribution in [0.1, 0.15) is 30.5 Å². The number of ether oxygens (including phenoxy) is 4. The van der Waals surface area contributed by atoms with Crippen LogP contribution < -0.4 is 19.1 Å². The Bertz CT molecular complexity index is 1020. The molecular formula is C20H25N5O5. The predicted octanol–water partition coefficient (Wildman–Crippen LogP) is 2.57. The summed E-state index contributed by atoms with van der Waals surface area (Å²) in [6.45, 7) is 1.91. The minimum absolute atomic E-state index is 0.239. The van der Waals surface area contributed by atoms with Crippen molar-refractivity contribution in [2.45, 2.75) is 25.4 Å². The van der Waals surface area contributed by atoms with Gasteiger partial charge < -0.3 is 28.4 Å². The molecule has 0 bridgehead atoms. The molecule has 4 rings (SSSR count). The van der Waals surface area contributed by atoms with Crippen LogP contribution >= 0.6 is 0 Å². The van der Waals surface area contributed by atoms with E-state index in [1.54, 1.807) is 34.6 Å². The van der Waals surface area contributed by atoms with Crippen LogP contribution in [-0.4, -0.2) is 61.9 Å². The minimum Gasteiger partial charge on any atom is -0.493 e. The number of anilines is 1. The van der Waals surface area contributed by atoms with Gasteiger partial charge in [-0.15, -0.1) is 5.10 Å². The fraction of sp³-hybridized carbons (Fsp3) is 0.500. The average Bonchev–Trinajstić information content (AvgIpc) is 3.26. The van der Waals surface area contributed by atoms with E-state index >= 15 is 0 Å². The molecule has 1 aliphatic heterocycles. The van der Waals surface area contributed by atoms with Gasteiger partial charge in [-0.1, -0.05) is 5.16 Å². The van der Waals surface area contributed by atoms with Gasteiger partial charge in [-0.25, -0.2) is 0 Å². The zero-order valence-electron chi connectivity index (χ0n) is 17.5. The molecule has 10 nitrogen and oxygen atoms in total. The van der Waals surface area contributed by atoms with Gasteiger partial charge in [-0.2, -0.15) is 10.1 Å². The molecule has 0 N–H and O–H groups in total. The predicted molar refractivity (Wildman–Crippen MR) is 108 cm³/mol. The maximum Gasteiger partial charge on any atom is 0.252 e. The zero-order valence-corrected chi connectivity index (χ0v) is 17.5. The van der Waals surface area contributed by atoms with Crippen LogP contribution in [0, 0.1) is 0 Å². The summed E-state index contributed by atoms with van der Waals surface area (Å²) >= 11 is 0. The number of aromatic nitrogens is 4. The van der Waals surface area contributed by atoms with Gasteiger partial charge in [0.25, 0.3) is 5.89 Å². The SMILES string of the molecule is COCc1nc(C2CCN(c3nncc4c(OC)c(OC)c(OC)cc34)CC2)no1. The van der Waals surface area contributed by atoms with Crippen LogP contribution in [0.5, 0.6) is 17.2 Å². The minimum atomic E-state index is 0.239. The van der Waals surface area contributed by atoms with Gasteiger partial charge in [0.05, 0.1) is 32.9 Å². The van der Waals surface area contributed by atoms with Gasteiger partial charge in [0.2, 0.25) is 5.75 Å². The molecule has 2 aromatic heterocycles. The molecule has 30 heavy (non-hydrogen) atoms. The molecular weight excluding hydrogens is 390 g/mol. The summed E-state index contributed by atoms with van der Waals surface area (Å²) < 4.78 is 26.9. The van der Waals surface area contributed by atoms with Gasteiger partial charge in [0.1, 0.15) is 6.61 Å². The van der Waals surface area contributed by atoms with Gasteiger partial charge in [-0.05, 0) is 18.9 Å². The Morgan fingerprint density at radius 3 is 2.47 bits per heavy atom. The summed E-state index contributed by atoms with van der Waals surface area (Å²) in [5.74, 6) is 3.97. The van der Waals surface area contributed by atoms with E-state index in [0.29, 0.717) is 29.7 Å². The molecule has 10 heteroatoms. The third-order valence-corrected chi connectivity index (χ3v) is 5.36. The summed E-state index contributed by atoms with van der Waals surface area (Å²) in [7, 11) is 6.40. The number of hydrogen-bond donors (Lipinski definition) is 0. The summed E-state index contributed by atoms with van der Waals surface area (Å²) in [6, 6.07) is 1.92. The third kappa shape index (κ3) is 3.58. The van der Waals surface area contributed by atoms with E-state index in [1.165, 1.54) is 0 Å². The Labute approximate surface area is 174 Å². The standard InChI is InChI=1S/C20H25N5O5/c1-26-11-16-22-19(24-30-16)12-5-7-25(8-6-12)20-13-9-15(27-2)18(29-4)17(28-3)14(13)10-21-23-20/h9-10,12H,5-8,11H2,1-4H3. The van der Waals surface area contributed by atoms with Crippen LogP contribution in [0.25, 0.3) is 10.8 Å². The molecule has 0 atom stereocenters. The molecule has 3 aromatic rings. The molecule has 1 fully saturated rings. The second-order valence-electron chi connectivity index (χ2n) is 7.02. The summed E-state index contributed by atoms with van der Waals surface area (Å²) in [5.41, 5.74) is 0. The number of hydrogen-bond acceptors (Lipinski definition) is 10. The number of piperidine rings is 1. The van der Waals surface area contributed by atoms with Crippen LogP contribution in [-0.2, 0) is 11.3 Å². The number of rotatable bonds is 7. The fourth-order valence-corrected chi connectivity index (χ4v) is 3.89. The van der Waals surface area contributed by atoms with Crippen LogP contribution in [0.2, 0.25) is 0 Å². The Balaban J connectivity index is 1.61. The number of fused-ring (bicyclic) bond motifs is 1. The first-order valence-corrected chi connectivity index (χ1v) is 9.70. The van der Waals surface area contributed by atoms with Gasteiger partial charge >= 0.3 is 0 Å². The Hall–Kier alpha value is -3.14. The summed E-state index contributed by atoms with van der Waals surface area (Å²) in [4.78, 5) is 6.66. The van der Waals surface area contributed by atoms with E-state index in [4.69, 9.17) is 23.5 Å². The smallest absolute Gasteiger partial charge is 0.252 e. The van der Waals surface area contributed by atoms with Gasteiger partial charge in [-0.3, -0.25) is 0 Å². The molecule has 0 unspecified atom stereocenters. The first-order valence-electron chi connectivity index (χ1n) is 9.70. The van der Waals surface area contributed by atoms with E-state index < -0.39 is 0 Å². The van der Waals surface area contributed by atoms with E-state index in [9.17, 15) is 0 Å². The van der Waals surface area contributed by atoms with Crippen molar-refractivity contribution in [3.05, 3.63) is 24.0 Å². The maximum absolute atomic E-state index is 5.60. The van der Waals surface area contributed by atoms with E-state index in [2.05, 4.69) is 25.2 Å². The van der Waals surface area contributed by atoms with Crippen molar-refractivity contribution in [3.8, 4) is 17.2 Å². The first-order chi connectivity index (χ1) is 14.7. The highest BCUT2D eigenvalue weighted by Gasteiger charge is 2.27. The summed E-state index contributed by atoms with van der Waals surface area (Å²) in [6.07, 6.45) is 3.45. The van der Waals surface area contributed by atoms with Crippen molar-refractivity contribution in [1.82, 2.24) is 20.3 Å². The van der Waals surface area contributed by atoms with E-state index in [-0.39, 0.29) is 5.92 Å². The molecule has 0 radical (unpaired) electrons. The molecule has 3 heterocycles. The lowest BCUT2D eigenvalue weighted by Gasteiger charge is -2.32. The van der Waals surface area contributed by atoms with Gasteiger partial charge in [0, 0.05) is 31.5 Å². The Morgan fingerprint density at radius 2 is 1.80 bits per heavy atom. The molecule has 0 spiro atoms. The maximum atomic E-state index is 5.60. The highest BCUT2D eigenvalue weighted by Crippen LogP contribution is 2.45. The van der Waals surface area contributed by atoms with Crippen LogP contribution in [0.15, 0.2) is 16.8 Å². The lowest BCUT2D eigenvalue weighted by molar-refractivity contribution is 0.151. The van der Waals surface area contributed by atoms with E-state index in [0.717, 1.165) is 48.3 Å². The Kier molecular flexibility index (Phi) is 5.84. The highest BCUT2D eigenvalue weighted by molar-refractivity contribution is 5.99.